The summed E-state index contributed by atoms with van der Waals surface area (Å²) in [6.07, 6.45) is 0.752. The molecule has 0 unspecified atom stereocenters. The van der Waals surface area contributed by atoms with Gasteiger partial charge < -0.3 is 14.8 Å². The standard InChI is InChI=1S/C28H33FN2O3.ClH/c1-21(2)30-28(32)19-31(18-23-8-5-4-6-9-23)15-14-22-12-13-26(27(17-22)33-3)34-20-24-10-7-11-25(29)16-24;/h4-13,16-17,21H,14-15,18-20H2,1-3H3,(H,30,32);1H. The zero-order valence-electron chi connectivity index (χ0n) is 20.5. The molecular weight excluding hydrogens is 467 g/mol. The minimum Gasteiger partial charge on any atom is -0.493 e. The molecule has 1 amide bonds. The second-order valence-electron chi connectivity index (χ2n) is 8.57. The maximum atomic E-state index is 13.4. The van der Waals surface area contributed by atoms with Gasteiger partial charge in [0.25, 0.3) is 0 Å². The van der Waals surface area contributed by atoms with Crippen molar-refractivity contribution < 1.29 is 18.7 Å². The van der Waals surface area contributed by atoms with E-state index in [9.17, 15) is 9.18 Å². The van der Waals surface area contributed by atoms with Crippen molar-refractivity contribution in [2.24, 2.45) is 0 Å². The Morgan fingerprint density at radius 3 is 2.37 bits per heavy atom. The predicted molar refractivity (Wildman–Crippen MR) is 140 cm³/mol. The van der Waals surface area contributed by atoms with E-state index in [4.69, 9.17) is 9.47 Å². The Kier molecular flexibility index (Phi) is 11.5. The fourth-order valence-electron chi connectivity index (χ4n) is 3.69. The summed E-state index contributed by atoms with van der Waals surface area (Å²) in [5, 5.41) is 2.97. The van der Waals surface area contributed by atoms with E-state index in [0.717, 1.165) is 17.5 Å². The van der Waals surface area contributed by atoms with Gasteiger partial charge in [0.2, 0.25) is 5.91 Å². The fourth-order valence-corrected chi connectivity index (χ4v) is 3.69. The smallest absolute Gasteiger partial charge is 0.234 e. The van der Waals surface area contributed by atoms with Crippen LogP contribution in [0.25, 0.3) is 0 Å². The first-order valence-corrected chi connectivity index (χ1v) is 11.5. The van der Waals surface area contributed by atoms with Gasteiger partial charge in [-0.1, -0.05) is 48.5 Å². The number of benzene rings is 3. The van der Waals surface area contributed by atoms with Crippen LogP contribution in [-0.2, 0) is 24.4 Å². The number of methoxy groups -OCH3 is 1. The lowest BCUT2D eigenvalue weighted by Crippen LogP contribution is -2.40. The van der Waals surface area contributed by atoms with Crippen LogP contribution >= 0.6 is 12.4 Å². The Morgan fingerprint density at radius 2 is 1.69 bits per heavy atom. The molecule has 0 spiro atoms. The van der Waals surface area contributed by atoms with E-state index in [2.05, 4.69) is 22.3 Å². The summed E-state index contributed by atoms with van der Waals surface area (Å²) in [6.45, 7) is 5.92. The predicted octanol–water partition coefficient (Wildman–Crippen LogP) is 5.40. The van der Waals surface area contributed by atoms with Gasteiger partial charge in [0.1, 0.15) is 12.4 Å². The van der Waals surface area contributed by atoms with Gasteiger partial charge in [0, 0.05) is 19.1 Å². The van der Waals surface area contributed by atoms with E-state index in [1.807, 2.05) is 56.3 Å². The number of amides is 1. The lowest BCUT2D eigenvalue weighted by molar-refractivity contribution is -0.122. The fraction of sp³-hybridized carbons (Fsp3) is 0.321. The molecule has 0 aliphatic rings. The van der Waals surface area contributed by atoms with E-state index in [-0.39, 0.29) is 36.8 Å². The van der Waals surface area contributed by atoms with Crippen molar-refractivity contribution in [1.29, 1.82) is 0 Å². The van der Waals surface area contributed by atoms with Crippen molar-refractivity contribution in [1.82, 2.24) is 10.2 Å². The number of hydrogen-bond donors (Lipinski definition) is 1. The van der Waals surface area contributed by atoms with Crippen LogP contribution < -0.4 is 14.8 Å². The summed E-state index contributed by atoms with van der Waals surface area (Å²) in [5.74, 6) is 0.962. The Balaban J connectivity index is 0.00000432. The molecule has 5 nitrogen and oxygen atoms in total. The number of ether oxygens (including phenoxy) is 2. The summed E-state index contributed by atoms with van der Waals surface area (Å²) >= 11 is 0. The molecule has 3 rings (SSSR count). The van der Waals surface area contributed by atoms with Crippen molar-refractivity contribution in [2.45, 2.75) is 39.5 Å². The molecule has 0 bridgehead atoms. The van der Waals surface area contributed by atoms with Gasteiger partial charge in [-0.05, 0) is 61.2 Å². The van der Waals surface area contributed by atoms with Crippen molar-refractivity contribution >= 4 is 18.3 Å². The SMILES string of the molecule is COc1cc(CCN(CC(=O)NC(C)C)Cc2ccccc2)ccc1OCc1cccc(F)c1.Cl. The molecule has 1 N–H and O–H groups in total. The third-order valence-electron chi connectivity index (χ3n) is 5.29. The Morgan fingerprint density at radius 1 is 0.943 bits per heavy atom. The quantitative estimate of drug-likeness (QED) is 0.361. The van der Waals surface area contributed by atoms with Gasteiger partial charge in [0.15, 0.2) is 11.5 Å². The average Bonchev–Trinajstić information content (AvgIpc) is 2.81. The van der Waals surface area contributed by atoms with Gasteiger partial charge in [-0.25, -0.2) is 4.39 Å². The van der Waals surface area contributed by atoms with Crippen molar-refractivity contribution in [3.63, 3.8) is 0 Å². The number of carbonyl (C=O) groups excluding carboxylic acids is 1. The van der Waals surface area contributed by atoms with Crippen molar-refractivity contribution in [3.05, 3.63) is 95.3 Å². The molecule has 35 heavy (non-hydrogen) atoms. The first kappa shape index (κ1) is 28.1. The molecule has 0 radical (unpaired) electrons. The monoisotopic (exact) mass is 500 g/mol. The summed E-state index contributed by atoms with van der Waals surface area (Å²) in [4.78, 5) is 14.6. The molecule has 0 atom stereocenters. The Bertz CT molecular complexity index is 1060. The highest BCUT2D eigenvalue weighted by molar-refractivity contribution is 5.85. The maximum absolute atomic E-state index is 13.4. The molecule has 0 aromatic heterocycles. The van der Waals surface area contributed by atoms with Crippen LogP contribution in [0.4, 0.5) is 4.39 Å². The molecular formula is C28H34ClFN2O3. The second-order valence-corrected chi connectivity index (χ2v) is 8.57. The highest BCUT2D eigenvalue weighted by Crippen LogP contribution is 2.29. The number of nitrogens with one attached hydrogen (secondary N) is 1. The van der Waals surface area contributed by atoms with Gasteiger partial charge in [-0.15, -0.1) is 12.4 Å². The number of carbonyl (C=O) groups is 1. The third kappa shape index (κ3) is 9.59. The molecule has 0 saturated carbocycles. The van der Waals surface area contributed by atoms with Crippen LogP contribution in [0.3, 0.4) is 0 Å². The largest absolute Gasteiger partial charge is 0.493 e. The molecule has 0 aliphatic carbocycles. The molecule has 0 aliphatic heterocycles. The third-order valence-corrected chi connectivity index (χ3v) is 5.29. The number of hydrogen-bond acceptors (Lipinski definition) is 4. The van der Waals surface area contributed by atoms with Gasteiger partial charge >= 0.3 is 0 Å². The summed E-state index contributed by atoms with van der Waals surface area (Å²) in [5.41, 5.74) is 3.00. The molecule has 0 saturated heterocycles. The Labute approximate surface area is 213 Å². The van der Waals surface area contributed by atoms with E-state index < -0.39 is 0 Å². The van der Waals surface area contributed by atoms with Crippen LogP contribution in [0, 0.1) is 5.82 Å². The van der Waals surface area contributed by atoms with E-state index in [1.165, 1.54) is 17.7 Å². The molecule has 7 heteroatoms. The topological polar surface area (TPSA) is 50.8 Å². The maximum Gasteiger partial charge on any atom is 0.234 e. The molecule has 3 aromatic carbocycles. The highest BCUT2D eigenvalue weighted by atomic mass is 35.5. The molecule has 0 fully saturated rings. The molecule has 188 valence electrons. The number of nitrogens with zero attached hydrogens (tertiary/aromatic N) is 1. The molecule has 3 aromatic rings. The summed E-state index contributed by atoms with van der Waals surface area (Å²) in [7, 11) is 1.60. The van der Waals surface area contributed by atoms with Crippen LogP contribution in [0.1, 0.15) is 30.5 Å². The minimum absolute atomic E-state index is 0. The van der Waals surface area contributed by atoms with Crippen molar-refractivity contribution in [2.75, 3.05) is 20.2 Å². The highest BCUT2D eigenvalue weighted by Gasteiger charge is 2.14. The number of rotatable bonds is 12. The first-order valence-electron chi connectivity index (χ1n) is 11.5. The first-order chi connectivity index (χ1) is 16.4. The number of halogens is 2. The van der Waals surface area contributed by atoms with Crippen molar-refractivity contribution in [3.8, 4) is 11.5 Å². The lowest BCUT2D eigenvalue weighted by Gasteiger charge is -2.23. The minimum atomic E-state index is -0.287. The summed E-state index contributed by atoms with van der Waals surface area (Å²) < 4.78 is 24.8. The zero-order chi connectivity index (χ0) is 24.3. The summed E-state index contributed by atoms with van der Waals surface area (Å²) in [6, 6.07) is 22.4. The van der Waals surface area contributed by atoms with E-state index in [1.54, 1.807) is 13.2 Å². The Hall–Kier alpha value is -3.09. The lowest BCUT2D eigenvalue weighted by atomic mass is 10.1. The van der Waals surface area contributed by atoms with Gasteiger partial charge in [-0.3, -0.25) is 9.69 Å². The van der Waals surface area contributed by atoms with Crippen LogP contribution in [-0.4, -0.2) is 37.0 Å². The van der Waals surface area contributed by atoms with Crippen LogP contribution in [0.2, 0.25) is 0 Å². The van der Waals surface area contributed by atoms with E-state index >= 15 is 0 Å². The van der Waals surface area contributed by atoms with E-state index in [0.29, 0.717) is 31.1 Å². The average molecular weight is 501 g/mol. The van der Waals surface area contributed by atoms with Gasteiger partial charge in [-0.2, -0.15) is 0 Å². The van der Waals surface area contributed by atoms with Gasteiger partial charge in [0.05, 0.1) is 13.7 Å². The molecule has 0 heterocycles. The van der Waals surface area contributed by atoms with Crippen LogP contribution in [0.5, 0.6) is 11.5 Å². The second kappa shape index (κ2) is 14.3. The normalized spacial score (nSPS) is 10.7. The zero-order valence-corrected chi connectivity index (χ0v) is 21.3. The van der Waals surface area contributed by atoms with Crippen LogP contribution in [0.15, 0.2) is 72.8 Å².